The van der Waals surface area contributed by atoms with Gasteiger partial charge in [0.05, 0.1) is 0 Å². The van der Waals surface area contributed by atoms with Gasteiger partial charge in [0.1, 0.15) is 0 Å². The van der Waals surface area contributed by atoms with Crippen molar-refractivity contribution in [2.75, 3.05) is 19.1 Å². The highest BCUT2D eigenvalue weighted by Crippen LogP contribution is 2.14. The van der Waals surface area contributed by atoms with Crippen LogP contribution in [0.1, 0.15) is 142 Å². The molecule has 0 atom stereocenters. The van der Waals surface area contributed by atoms with Gasteiger partial charge in [-0.3, -0.25) is 0 Å². The Balaban J connectivity index is 3.75. The number of hydrogen-bond acceptors (Lipinski definition) is 2. The third-order valence-electron chi connectivity index (χ3n) is 5.86. The van der Waals surface area contributed by atoms with Gasteiger partial charge in [-0.1, -0.05) is 109 Å². The van der Waals surface area contributed by atoms with Gasteiger partial charge in [-0.05, 0) is 44.9 Å². The summed E-state index contributed by atoms with van der Waals surface area (Å²) in [7, 11) is 0. The molecule has 0 aromatic heterocycles. The quantitative estimate of drug-likeness (QED) is 0.0555. The van der Waals surface area contributed by atoms with Gasteiger partial charge in [-0.2, -0.15) is 0 Å². The van der Waals surface area contributed by atoms with Crippen molar-refractivity contribution in [3.05, 3.63) is 12.2 Å². The van der Waals surface area contributed by atoms with Crippen molar-refractivity contribution in [3.8, 4) is 0 Å². The van der Waals surface area contributed by atoms with E-state index < -0.39 is 0 Å². The van der Waals surface area contributed by atoms with Gasteiger partial charge in [0.25, 0.3) is 0 Å². The Labute approximate surface area is 200 Å². The highest BCUT2D eigenvalue weighted by molar-refractivity contribution is 6.17. The van der Waals surface area contributed by atoms with Crippen molar-refractivity contribution >= 4 is 11.6 Å². The van der Waals surface area contributed by atoms with Crippen LogP contribution in [0.25, 0.3) is 0 Å². The van der Waals surface area contributed by atoms with Crippen LogP contribution in [0, 0.1) is 0 Å². The topological polar surface area (TPSA) is 18.5 Å². The van der Waals surface area contributed by atoms with Crippen LogP contribution in [0.4, 0.5) is 0 Å². The van der Waals surface area contributed by atoms with Gasteiger partial charge in [-0.15, -0.1) is 11.6 Å². The summed E-state index contributed by atoms with van der Waals surface area (Å²) in [5.41, 5.74) is 0. The van der Waals surface area contributed by atoms with E-state index >= 15 is 0 Å². The first-order valence-electron chi connectivity index (χ1n) is 13.8. The van der Waals surface area contributed by atoms with Gasteiger partial charge >= 0.3 is 0 Å². The molecule has 0 aromatic rings. The van der Waals surface area contributed by atoms with Crippen LogP contribution < -0.4 is 0 Å². The van der Waals surface area contributed by atoms with E-state index in [9.17, 15) is 0 Å². The molecule has 0 bridgehead atoms. The maximum Gasteiger partial charge on any atom is 0.157 e. The van der Waals surface area contributed by atoms with E-state index in [-0.39, 0.29) is 6.29 Å². The van der Waals surface area contributed by atoms with Gasteiger partial charge in [0, 0.05) is 19.1 Å². The molecule has 0 heterocycles. The second kappa shape index (κ2) is 28.0. The predicted molar refractivity (Wildman–Crippen MR) is 139 cm³/mol. The van der Waals surface area contributed by atoms with Crippen LogP contribution in [0.15, 0.2) is 12.2 Å². The summed E-state index contributed by atoms with van der Waals surface area (Å²) in [5, 5.41) is 0. The van der Waals surface area contributed by atoms with Crippen LogP contribution in [0.2, 0.25) is 0 Å². The van der Waals surface area contributed by atoms with Crippen molar-refractivity contribution in [1.82, 2.24) is 0 Å². The van der Waals surface area contributed by atoms with Crippen LogP contribution in [-0.2, 0) is 9.47 Å². The van der Waals surface area contributed by atoms with E-state index in [0.29, 0.717) is 0 Å². The van der Waals surface area contributed by atoms with Crippen LogP contribution in [0.5, 0.6) is 0 Å². The van der Waals surface area contributed by atoms with Crippen molar-refractivity contribution in [2.24, 2.45) is 0 Å². The average Bonchev–Trinajstić information content (AvgIpc) is 2.78. The van der Waals surface area contributed by atoms with Gasteiger partial charge in [0.2, 0.25) is 0 Å². The first-order valence-corrected chi connectivity index (χ1v) is 14.3. The van der Waals surface area contributed by atoms with Gasteiger partial charge in [0.15, 0.2) is 6.29 Å². The minimum atomic E-state index is 0.0251. The largest absolute Gasteiger partial charge is 0.353 e. The fraction of sp³-hybridized carbons (Fsp3) is 0.929. The Morgan fingerprint density at radius 3 is 1.55 bits per heavy atom. The third-order valence-corrected chi connectivity index (χ3v) is 6.07. The molecule has 0 radical (unpaired) electrons. The molecule has 0 amide bonds. The summed E-state index contributed by atoms with van der Waals surface area (Å²) in [4.78, 5) is 0. The van der Waals surface area contributed by atoms with E-state index in [1.54, 1.807) is 0 Å². The molecule has 0 unspecified atom stereocenters. The number of hydrogen-bond donors (Lipinski definition) is 0. The van der Waals surface area contributed by atoms with E-state index in [1.165, 1.54) is 116 Å². The van der Waals surface area contributed by atoms with Crippen LogP contribution in [-0.4, -0.2) is 25.4 Å². The van der Waals surface area contributed by atoms with Crippen LogP contribution in [0.3, 0.4) is 0 Å². The molecule has 0 aliphatic rings. The Hall–Kier alpha value is -0.0500. The molecule has 0 saturated heterocycles. The molecule has 2 nitrogen and oxygen atoms in total. The lowest BCUT2D eigenvalue weighted by atomic mass is 10.1. The Kier molecular flexibility index (Phi) is 27.9. The lowest BCUT2D eigenvalue weighted by molar-refractivity contribution is -0.148. The fourth-order valence-electron chi connectivity index (χ4n) is 3.81. The minimum Gasteiger partial charge on any atom is -0.353 e. The second-order valence-corrected chi connectivity index (χ2v) is 9.38. The molecular formula is C28H55ClO2. The first-order chi connectivity index (χ1) is 15.3. The molecule has 0 fully saturated rings. The molecule has 186 valence electrons. The summed E-state index contributed by atoms with van der Waals surface area (Å²) >= 11 is 5.67. The zero-order valence-electron chi connectivity index (χ0n) is 21.2. The van der Waals surface area contributed by atoms with E-state index in [0.717, 1.165) is 31.9 Å². The molecule has 31 heavy (non-hydrogen) atoms. The zero-order chi connectivity index (χ0) is 22.7. The summed E-state index contributed by atoms with van der Waals surface area (Å²) in [6.45, 7) is 6.26. The number of allylic oxidation sites excluding steroid dienone is 2. The summed E-state index contributed by atoms with van der Waals surface area (Å²) < 4.78 is 12.2. The normalized spacial score (nSPS) is 11.9. The summed E-state index contributed by atoms with van der Waals surface area (Å²) in [6.07, 6.45) is 30.0. The van der Waals surface area contributed by atoms with Crippen molar-refractivity contribution in [1.29, 1.82) is 0 Å². The molecule has 0 rings (SSSR count). The Morgan fingerprint density at radius 2 is 1.00 bits per heavy atom. The Morgan fingerprint density at radius 1 is 0.548 bits per heavy atom. The lowest BCUT2D eigenvalue weighted by Gasteiger charge is -2.19. The predicted octanol–water partition coefficient (Wildman–Crippen LogP) is 9.98. The van der Waals surface area contributed by atoms with Gasteiger partial charge < -0.3 is 9.47 Å². The SMILES string of the molecule is CCCCCCCOC(CCCCCCCCC/C=C\CCCl)OCCCCCCC. The van der Waals surface area contributed by atoms with E-state index in [2.05, 4.69) is 26.0 Å². The molecule has 0 aromatic carbocycles. The molecule has 0 N–H and O–H groups in total. The minimum absolute atomic E-state index is 0.0251. The zero-order valence-corrected chi connectivity index (χ0v) is 21.9. The van der Waals surface area contributed by atoms with E-state index in [1.807, 2.05) is 0 Å². The maximum absolute atomic E-state index is 6.11. The van der Waals surface area contributed by atoms with Crippen molar-refractivity contribution in [3.63, 3.8) is 0 Å². The number of rotatable bonds is 26. The first kappa shape index (κ1) is 30.9. The standard InChI is InChI=1S/C28H55ClO2/c1-3-5-7-18-22-26-30-28(31-27-23-19-8-6-4-2)24-20-16-14-12-10-9-11-13-15-17-21-25-29/h15,17,28H,3-14,16,18-27H2,1-2H3/b17-15-. The highest BCUT2D eigenvalue weighted by atomic mass is 35.5. The lowest BCUT2D eigenvalue weighted by Crippen LogP contribution is -2.19. The van der Waals surface area contributed by atoms with E-state index in [4.69, 9.17) is 21.1 Å². The number of ether oxygens (including phenoxy) is 2. The fourth-order valence-corrected chi connectivity index (χ4v) is 3.94. The average molecular weight is 459 g/mol. The number of halogens is 1. The van der Waals surface area contributed by atoms with Crippen LogP contribution >= 0.6 is 11.6 Å². The van der Waals surface area contributed by atoms with Gasteiger partial charge in [-0.25, -0.2) is 0 Å². The highest BCUT2D eigenvalue weighted by Gasteiger charge is 2.09. The molecule has 3 heteroatoms. The van der Waals surface area contributed by atoms with Crippen molar-refractivity contribution in [2.45, 2.75) is 149 Å². The molecular weight excluding hydrogens is 404 g/mol. The molecule has 0 saturated carbocycles. The summed E-state index contributed by atoms with van der Waals surface area (Å²) in [6, 6.07) is 0. The third kappa shape index (κ3) is 26.1. The summed E-state index contributed by atoms with van der Waals surface area (Å²) in [5.74, 6) is 0.741. The molecule has 0 spiro atoms. The second-order valence-electron chi connectivity index (χ2n) is 9.00. The number of alkyl halides is 1. The number of unbranched alkanes of at least 4 members (excludes halogenated alkanes) is 15. The monoisotopic (exact) mass is 458 g/mol. The Bertz CT molecular complexity index is 330. The maximum atomic E-state index is 6.11. The van der Waals surface area contributed by atoms with Crippen molar-refractivity contribution < 1.29 is 9.47 Å². The molecule has 0 aliphatic heterocycles. The molecule has 0 aliphatic carbocycles. The smallest absolute Gasteiger partial charge is 0.157 e.